The van der Waals surface area contributed by atoms with Crippen molar-refractivity contribution >= 4 is 40.3 Å². The molecular formula is C17H12FNO2S2. The molecule has 1 aliphatic heterocycles. The maximum atomic E-state index is 13.0. The SMILES string of the molecule is C=CCN1C(=O)/C(=C\c2ccc(-c3ccc(F)cc3)o2)SC1=S. The first kappa shape index (κ1) is 15.7. The Hall–Kier alpha value is -2.18. The maximum absolute atomic E-state index is 13.0. The van der Waals surface area contributed by atoms with Gasteiger partial charge in [0.25, 0.3) is 5.91 Å². The number of hydrogen-bond acceptors (Lipinski definition) is 4. The van der Waals surface area contributed by atoms with Gasteiger partial charge in [0.15, 0.2) is 0 Å². The molecule has 1 fully saturated rings. The van der Waals surface area contributed by atoms with Crippen molar-refractivity contribution in [3.63, 3.8) is 0 Å². The van der Waals surface area contributed by atoms with Crippen molar-refractivity contribution in [2.24, 2.45) is 0 Å². The first-order valence-corrected chi connectivity index (χ1v) is 8.03. The smallest absolute Gasteiger partial charge is 0.266 e. The van der Waals surface area contributed by atoms with Gasteiger partial charge in [0.2, 0.25) is 0 Å². The van der Waals surface area contributed by atoms with Gasteiger partial charge in [-0.2, -0.15) is 0 Å². The summed E-state index contributed by atoms with van der Waals surface area (Å²) in [4.78, 5) is 14.2. The summed E-state index contributed by atoms with van der Waals surface area (Å²) in [5.41, 5.74) is 0.769. The zero-order valence-corrected chi connectivity index (χ0v) is 13.6. The highest BCUT2D eigenvalue weighted by atomic mass is 32.2. The lowest BCUT2D eigenvalue weighted by atomic mass is 10.2. The van der Waals surface area contributed by atoms with Gasteiger partial charge in [-0.25, -0.2) is 4.39 Å². The molecule has 0 bridgehead atoms. The summed E-state index contributed by atoms with van der Waals surface area (Å²) >= 11 is 6.42. The summed E-state index contributed by atoms with van der Waals surface area (Å²) in [7, 11) is 0. The first-order chi connectivity index (χ1) is 11.1. The summed E-state index contributed by atoms with van der Waals surface area (Å²) in [6, 6.07) is 9.57. The van der Waals surface area contributed by atoms with Crippen LogP contribution >= 0.6 is 24.0 Å². The third kappa shape index (κ3) is 3.28. The van der Waals surface area contributed by atoms with Crippen LogP contribution in [0.15, 0.2) is 58.4 Å². The van der Waals surface area contributed by atoms with Crippen LogP contribution in [0.5, 0.6) is 0 Å². The van der Waals surface area contributed by atoms with Crippen molar-refractivity contribution in [2.75, 3.05) is 6.54 Å². The van der Waals surface area contributed by atoms with E-state index in [0.29, 0.717) is 27.3 Å². The number of amides is 1. The second kappa shape index (κ2) is 6.52. The van der Waals surface area contributed by atoms with Crippen molar-refractivity contribution in [3.8, 4) is 11.3 Å². The lowest BCUT2D eigenvalue weighted by Crippen LogP contribution is -2.27. The van der Waals surface area contributed by atoms with Crippen molar-refractivity contribution in [3.05, 3.63) is 65.5 Å². The summed E-state index contributed by atoms with van der Waals surface area (Å²) < 4.78 is 19.2. The molecule has 2 heterocycles. The molecule has 0 N–H and O–H groups in total. The monoisotopic (exact) mass is 345 g/mol. The Morgan fingerprint density at radius 1 is 1.26 bits per heavy atom. The molecular weight excluding hydrogens is 333 g/mol. The third-order valence-corrected chi connectivity index (χ3v) is 4.59. The molecule has 116 valence electrons. The highest BCUT2D eigenvalue weighted by Gasteiger charge is 2.31. The van der Waals surface area contributed by atoms with Gasteiger partial charge in [-0.05, 0) is 36.4 Å². The molecule has 0 saturated carbocycles. The van der Waals surface area contributed by atoms with E-state index in [2.05, 4.69) is 6.58 Å². The van der Waals surface area contributed by atoms with Gasteiger partial charge in [0, 0.05) is 18.2 Å². The molecule has 1 saturated heterocycles. The molecule has 1 aromatic carbocycles. The van der Waals surface area contributed by atoms with E-state index in [1.54, 1.807) is 36.4 Å². The Kier molecular flexibility index (Phi) is 4.45. The van der Waals surface area contributed by atoms with Crippen LogP contribution in [0, 0.1) is 5.82 Å². The fraction of sp³-hybridized carbons (Fsp3) is 0.0588. The normalized spacial score (nSPS) is 16.4. The summed E-state index contributed by atoms with van der Waals surface area (Å²) in [6.07, 6.45) is 3.29. The Morgan fingerprint density at radius 2 is 2.00 bits per heavy atom. The highest BCUT2D eigenvalue weighted by Crippen LogP contribution is 2.33. The van der Waals surface area contributed by atoms with Gasteiger partial charge >= 0.3 is 0 Å². The summed E-state index contributed by atoms with van der Waals surface area (Å²) in [6.45, 7) is 4.01. The minimum absolute atomic E-state index is 0.153. The van der Waals surface area contributed by atoms with Gasteiger partial charge in [0.05, 0.1) is 4.91 Å². The van der Waals surface area contributed by atoms with E-state index in [9.17, 15) is 9.18 Å². The summed E-state index contributed by atoms with van der Waals surface area (Å²) in [5.74, 6) is 0.701. The Bertz CT molecular complexity index is 808. The van der Waals surface area contributed by atoms with Gasteiger partial charge in [-0.1, -0.05) is 30.1 Å². The molecule has 2 aromatic rings. The van der Waals surface area contributed by atoms with Crippen LogP contribution in [0.1, 0.15) is 5.76 Å². The number of halogens is 1. The minimum Gasteiger partial charge on any atom is -0.457 e. The highest BCUT2D eigenvalue weighted by molar-refractivity contribution is 8.26. The molecule has 23 heavy (non-hydrogen) atoms. The average Bonchev–Trinajstić information content (AvgIpc) is 3.09. The third-order valence-electron chi connectivity index (χ3n) is 3.21. The van der Waals surface area contributed by atoms with Crippen LogP contribution in [0.4, 0.5) is 4.39 Å². The Balaban J connectivity index is 1.84. The predicted molar refractivity (Wildman–Crippen MR) is 94.2 cm³/mol. The van der Waals surface area contributed by atoms with E-state index in [-0.39, 0.29) is 11.7 Å². The largest absolute Gasteiger partial charge is 0.457 e. The second-order valence-electron chi connectivity index (χ2n) is 4.79. The number of thioether (sulfide) groups is 1. The topological polar surface area (TPSA) is 33.5 Å². The Labute approximate surface area is 142 Å². The lowest BCUT2D eigenvalue weighted by Gasteiger charge is -2.10. The van der Waals surface area contributed by atoms with Gasteiger partial charge in [-0.15, -0.1) is 6.58 Å². The van der Waals surface area contributed by atoms with Crippen LogP contribution in [0.2, 0.25) is 0 Å². The van der Waals surface area contributed by atoms with Crippen LogP contribution in [0.25, 0.3) is 17.4 Å². The zero-order chi connectivity index (χ0) is 16.4. The number of hydrogen-bond donors (Lipinski definition) is 0. The van der Waals surface area contributed by atoms with E-state index in [4.69, 9.17) is 16.6 Å². The van der Waals surface area contributed by atoms with Crippen molar-refractivity contribution in [2.45, 2.75) is 0 Å². The minimum atomic E-state index is -0.300. The number of furan rings is 1. The van der Waals surface area contributed by atoms with Crippen LogP contribution < -0.4 is 0 Å². The van der Waals surface area contributed by atoms with Crippen LogP contribution in [0.3, 0.4) is 0 Å². The molecule has 0 aliphatic carbocycles. The number of carbonyl (C=O) groups excluding carboxylic acids is 1. The molecule has 3 nitrogen and oxygen atoms in total. The molecule has 1 amide bonds. The van der Waals surface area contributed by atoms with Crippen LogP contribution in [-0.4, -0.2) is 21.7 Å². The molecule has 6 heteroatoms. The fourth-order valence-electron chi connectivity index (χ4n) is 2.12. The molecule has 1 aromatic heterocycles. The van der Waals surface area contributed by atoms with E-state index >= 15 is 0 Å². The molecule has 1 aliphatic rings. The lowest BCUT2D eigenvalue weighted by molar-refractivity contribution is -0.121. The van der Waals surface area contributed by atoms with E-state index in [1.807, 2.05) is 0 Å². The van der Waals surface area contributed by atoms with Gasteiger partial charge < -0.3 is 4.42 Å². The quantitative estimate of drug-likeness (QED) is 0.465. The number of carbonyl (C=O) groups is 1. The number of benzene rings is 1. The number of rotatable bonds is 4. The standard InChI is InChI=1S/C17H12FNO2S2/c1-2-9-19-16(20)15(23-17(19)22)10-13-7-8-14(21-13)11-3-5-12(18)6-4-11/h2-8,10H,1,9H2/b15-10+. The average molecular weight is 345 g/mol. The maximum Gasteiger partial charge on any atom is 0.266 e. The molecule has 3 rings (SSSR count). The number of nitrogens with zero attached hydrogens (tertiary/aromatic N) is 1. The predicted octanol–water partition coefficient (Wildman–Crippen LogP) is 4.47. The number of thiocarbonyl (C=S) groups is 1. The molecule has 0 atom stereocenters. The van der Waals surface area contributed by atoms with E-state index in [0.717, 1.165) is 5.56 Å². The van der Waals surface area contributed by atoms with Crippen LogP contribution in [-0.2, 0) is 4.79 Å². The van der Waals surface area contributed by atoms with Crippen molar-refractivity contribution in [1.82, 2.24) is 4.90 Å². The summed E-state index contributed by atoms with van der Waals surface area (Å²) in [5, 5.41) is 0. The first-order valence-electron chi connectivity index (χ1n) is 6.80. The van der Waals surface area contributed by atoms with E-state index < -0.39 is 0 Å². The van der Waals surface area contributed by atoms with Crippen molar-refractivity contribution < 1.29 is 13.6 Å². The molecule has 0 unspecified atom stereocenters. The molecule has 0 radical (unpaired) electrons. The van der Waals surface area contributed by atoms with Gasteiger partial charge in [0.1, 0.15) is 21.7 Å². The van der Waals surface area contributed by atoms with Gasteiger partial charge in [-0.3, -0.25) is 9.69 Å². The zero-order valence-electron chi connectivity index (χ0n) is 12.0. The van der Waals surface area contributed by atoms with Crippen molar-refractivity contribution in [1.29, 1.82) is 0 Å². The fourth-order valence-corrected chi connectivity index (χ4v) is 3.37. The Morgan fingerprint density at radius 3 is 2.70 bits per heavy atom. The molecule has 0 spiro atoms. The van der Waals surface area contributed by atoms with E-state index in [1.165, 1.54) is 28.8 Å². The second-order valence-corrected chi connectivity index (χ2v) is 6.47.